The molecule has 0 bridgehead atoms. The first-order valence-corrected chi connectivity index (χ1v) is 7.33. The summed E-state index contributed by atoms with van der Waals surface area (Å²) >= 11 is 0. The van der Waals surface area contributed by atoms with Gasteiger partial charge in [0, 0.05) is 0 Å². The van der Waals surface area contributed by atoms with E-state index in [1.54, 1.807) is 0 Å². The lowest BCUT2D eigenvalue weighted by Crippen LogP contribution is -2.51. The van der Waals surface area contributed by atoms with Crippen molar-refractivity contribution in [2.45, 2.75) is 10.9 Å². The van der Waals surface area contributed by atoms with Crippen LogP contribution in [0.1, 0.15) is 11.1 Å². The molecule has 0 aliphatic heterocycles. The average Bonchev–Trinajstić information content (AvgIpc) is 2.47. The van der Waals surface area contributed by atoms with Gasteiger partial charge in [-0.1, -0.05) is 60.7 Å². The molecule has 0 fully saturated rings. The predicted octanol–water partition coefficient (Wildman–Crippen LogP) is 2.40. The van der Waals surface area contributed by atoms with Crippen molar-refractivity contribution in [3.63, 3.8) is 0 Å². The number of benzene rings is 2. The topological polar surface area (TPSA) is 74.6 Å². The molecular formula is C14H12F2O4S. The minimum Gasteiger partial charge on any atom is -0.373 e. The van der Waals surface area contributed by atoms with Crippen molar-refractivity contribution in [2.75, 3.05) is 0 Å². The maximum absolute atomic E-state index is 14.3. The number of halogens is 2. The van der Waals surface area contributed by atoms with Gasteiger partial charge in [-0.3, -0.25) is 4.55 Å². The molecule has 0 spiro atoms. The van der Waals surface area contributed by atoms with E-state index in [0.29, 0.717) is 0 Å². The van der Waals surface area contributed by atoms with Crippen molar-refractivity contribution >= 4 is 10.1 Å². The van der Waals surface area contributed by atoms with E-state index in [1.165, 1.54) is 36.4 Å². The maximum atomic E-state index is 14.3. The molecule has 0 aromatic heterocycles. The SMILES string of the molecule is O=S(=O)(O)C(F)(F)C(O)(c1ccccc1)c1ccccc1. The zero-order chi connectivity index (χ0) is 15.7. The molecule has 2 aromatic carbocycles. The standard InChI is InChI=1S/C14H12F2O4S/c15-14(16,21(18,19)20)13(17,11-7-3-1-4-8-11)12-9-5-2-6-10-12/h1-10,17H,(H,18,19,20). The molecule has 2 rings (SSSR count). The minimum atomic E-state index is -5.84. The normalized spacial score (nSPS) is 13.1. The Balaban J connectivity index is 2.79. The van der Waals surface area contributed by atoms with Gasteiger partial charge in [0.25, 0.3) is 0 Å². The summed E-state index contributed by atoms with van der Waals surface area (Å²) in [5, 5.41) is 5.71. The van der Waals surface area contributed by atoms with Crippen LogP contribution in [0.25, 0.3) is 0 Å². The summed E-state index contributed by atoms with van der Waals surface area (Å²) in [6.07, 6.45) is 0. The number of hydrogen-bond acceptors (Lipinski definition) is 3. The minimum absolute atomic E-state index is 0.348. The monoisotopic (exact) mass is 314 g/mol. The second kappa shape index (κ2) is 5.18. The Bertz CT molecular complexity index is 676. The lowest BCUT2D eigenvalue weighted by molar-refractivity contribution is -0.109. The molecule has 2 aromatic rings. The summed E-state index contributed by atoms with van der Waals surface area (Å²) in [4.78, 5) is 0. The molecule has 0 heterocycles. The van der Waals surface area contributed by atoms with E-state index >= 15 is 0 Å². The molecule has 0 radical (unpaired) electrons. The maximum Gasteiger partial charge on any atom is 0.405 e. The number of rotatable bonds is 4. The van der Waals surface area contributed by atoms with E-state index in [-0.39, 0.29) is 11.1 Å². The molecule has 0 unspecified atom stereocenters. The Labute approximate surface area is 120 Å². The summed E-state index contributed by atoms with van der Waals surface area (Å²) in [7, 11) is -5.84. The van der Waals surface area contributed by atoms with E-state index in [1.807, 2.05) is 0 Å². The van der Waals surface area contributed by atoms with Gasteiger partial charge in [-0.05, 0) is 11.1 Å². The van der Waals surface area contributed by atoms with Gasteiger partial charge in [-0.15, -0.1) is 0 Å². The largest absolute Gasteiger partial charge is 0.405 e. The van der Waals surface area contributed by atoms with E-state index in [9.17, 15) is 22.3 Å². The van der Waals surface area contributed by atoms with E-state index < -0.39 is 21.0 Å². The van der Waals surface area contributed by atoms with Crippen LogP contribution < -0.4 is 0 Å². The Morgan fingerprint density at radius 2 is 1.14 bits per heavy atom. The fourth-order valence-corrected chi connectivity index (χ4v) is 2.66. The zero-order valence-corrected chi connectivity index (χ0v) is 11.5. The molecule has 0 saturated carbocycles. The van der Waals surface area contributed by atoms with Crippen LogP contribution in [-0.2, 0) is 15.7 Å². The third kappa shape index (κ3) is 2.44. The lowest BCUT2D eigenvalue weighted by Gasteiger charge is -2.34. The highest BCUT2D eigenvalue weighted by Crippen LogP contribution is 2.45. The Morgan fingerprint density at radius 3 is 1.43 bits per heavy atom. The molecule has 7 heteroatoms. The average molecular weight is 314 g/mol. The van der Waals surface area contributed by atoms with Gasteiger partial charge in [0.1, 0.15) is 0 Å². The number of hydrogen-bond donors (Lipinski definition) is 2. The second-order valence-corrected chi connectivity index (χ2v) is 5.90. The van der Waals surface area contributed by atoms with Crippen molar-refractivity contribution < 1.29 is 26.9 Å². The van der Waals surface area contributed by atoms with Crippen LogP contribution in [-0.4, -0.2) is 23.3 Å². The first-order chi connectivity index (χ1) is 9.71. The van der Waals surface area contributed by atoms with E-state index in [0.717, 1.165) is 24.3 Å². The van der Waals surface area contributed by atoms with E-state index in [2.05, 4.69) is 0 Å². The molecule has 4 nitrogen and oxygen atoms in total. The summed E-state index contributed by atoms with van der Waals surface area (Å²) in [6.45, 7) is 0. The highest BCUT2D eigenvalue weighted by molar-refractivity contribution is 7.87. The van der Waals surface area contributed by atoms with Gasteiger partial charge in [0.15, 0.2) is 5.60 Å². The van der Waals surface area contributed by atoms with Crippen molar-refractivity contribution in [1.82, 2.24) is 0 Å². The molecule has 0 amide bonds. The van der Waals surface area contributed by atoms with Crippen molar-refractivity contribution in [2.24, 2.45) is 0 Å². The van der Waals surface area contributed by atoms with Gasteiger partial charge >= 0.3 is 15.4 Å². The molecule has 0 aliphatic rings. The van der Waals surface area contributed by atoms with Crippen LogP contribution in [0.3, 0.4) is 0 Å². The third-order valence-electron chi connectivity index (χ3n) is 3.13. The fourth-order valence-electron chi connectivity index (χ4n) is 2.05. The molecule has 0 saturated heterocycles. The molecule has 2 N–H and O–H groups in total. The van der Waals surface area contributed by atoms with Gasteiger partial charge < -0.3 is 5.11 Å². The highest BCUT2D eigenvalue weighted by atomic mass is 32.2. The fraction of sp³-hybridized carbons (Fsp3) is 0.143. The van der Waals surface area contributed by atoms with Crippen LogP contribution in [0.15, 0.2) is 60.7 Å². The van der Waals surface area contributed by atoms with Crippen LogP contribution in [0, 0.1) is 0 Å². The van der Waals surface area contributed by atoms with Gasteiger partial charge in [0.05, 0.1) is 0 Å². The molecule has 0 atom stereocenters. The summed E-state index contributed by atoms with van der Waals surface area (Å²) in [6, 6.07) is 13.2. The lowest BCUT2D eigenvalue weighted by atomic mass is 9.86. The third-order valence-corrected chi connectivity index (χ3v) is 4.07. The molecule has 21 heavy (non-hydrogen) atoms. The Morgan fingerprint density at radius 1 is 0.810 bits per heavy atom. The van der Waals surface area contributed by atoms with E-state index in [4.69, 9.17) is 4.55 Å². The Kier molecular flexibility index (Phi) is 3.83. The van der Waals surface area contributed by atoms with Gasteiger partial charge in [-0.2, -0.15) is 17.2 Å². The van der Waals surface area contributed by atoms with Crippen LogP contribution in [0.4, 0.5) is 8.78 Å². The smallest absolute Gasteiger partial charge is 0.373 e. The predicted molar refractivity (Wildman–Crippen MR) is 72.4 cm³/mol. The molecule has 112 valence electrons. The zero-order valence-electron chi connectivity index (χ0n) is 10.6. The molecular weight excluding hydrogens is 302 g/mol. The van der Waals surface area contributed by atoms with Crippen LogP contribution in [0.2, 0.25) is 0 Å². The summed E-state index contributed by atoms with van der Waals surface area (Å²) in [5.74, 6) is 0. The number of alkyl halides is 2. The van der Waals surface area contributed by atoms with Crippen LogP contribution in [0.5, 0.6) is 0 Å². The van der Waals surface area contributed by atoms with Crippen molar-refractivity contribution in [1.29, 1.82) is 0 Å². The van der Waals surface area contributed by atoms with Crippen LogP contribution >= 0.6 is 0 Å². The van der Waals surface area contributed by atoms with Crippen molar-refractivity contribution in [3.05, 3.63) is 71.8 Å². The summed E-state index contributed by atoms with van der Waals surface area (Å²) in [5.41, 5.74) is -3.90. The van der Waals surface area contributed by atoms with Gasteiger partial charge in [-0.25, -0.2) is 0 Å². The highest BCUT2D eigenvalue weighted by Gasteiger charge is 2.63. The number of aliphatic hydroxyl groups is 1. The summed E-state index contributed by atoms with van der Waals surface area (Å²) < 4.78 is 59.6. The van der Waals surface area contributed by atoms with Gasteiger partial charge in [0.2, 0.25) is 0 Å². The second-order valence-electron chi connectivity index (χ2n) is 4.43. The Hall–Kier alpha value is -1.83. The first kappa shape index (κ1) is 15.6. The van der Waals surface area contributed by atoms with Crippen molar-refractivity contribution in [3.8, 4) is 0 Å². The first-order valence-electron chi connectivity index (χ1n) is 5.89. The molecule has 0 aliphatic carbocycles. The quantitative estimate of drug-likeness (QED) is 0.850.